The average Bonchev–Trinajstić information content (AvgIpc) is 3.34. The summed E-state index contributed by atoms with van der Waals surface area (Å²) in [6.45, 7) is 11.2. The maximum atomic E-state index is 14.4. The van der Waals surface area contributed by atoms with E-state index in [-0.39, 0.29) is 62.7 Å². The van der Waals surface area contributed by atoms with Gasteiger partial charge in [-0.15, -0.1) is 0 Å². The molecule has 408 valence electrons. The summed E-state index contributed by atoms with van der Waals surface area (Å²) in [6.07, 6.45) is 4.40. The molecule has 0 aliphatic carbocycles. The number of ether oxygens (including phenoxy) is 1. The van der Waals surface area contributed by atoms with E-state index in [1.165, 1.54) is 33.9 Å². The number of methoxy groups -OCH3 is 1. The third-order valence-corrected chi connectivity index (χ3v) is 12.2. The van der Waals surface area contributed by atoms with Crippen molar-refractivity contribution in [1.29, 1.82) is 0 Å². The number of carbonyl (C=O) groups excluding carboxylic acids is 7. The number of hydrogen-bond acceptors (Lipinski definition) is 12. The first-order chi connectivity index (χ1) is 34.8. The summed E-state index contributed by atoms with van der Waals surface area (Å²) in [4.78, 5) is 130. The number of nitrogens with zero attached hydrogens (tertiary/aromatic N) is 3. The SMILES string of the molecule is C=C1C(=O)N[C@H](C)C(=O)N[C@@H](CCCN=C(N)N)C(=O)N[C@@H](C(=O)O)[C@H](C)C(=O)N[C@@H](CCCN=C(N)N)C(=O)N[C@@H](/C=C/C(C)=C/[C@H](C)[C@H](Cc2ccccc2)OC)[C@H](C)C(=O)N[C@@H](C(=O)O)CCC(=O)N1C. The molecule has 0 aromatic heterocycles. The predicted octanol–water partition coefficient (Wildman–Crippen LogP) is -1.37. The number of guanidine groups is 2. The molecular weight excluding hydrogens is 963 g/mol. The van der Waals surface area contributed by atoms with Gasteiger partial charge >= 0.3 is 11.9 Å². The molecule has 10 atom stereocenters. The van der Waals surface area contributed by atoms with E-state index < -0.39 is 120 Å². The van der Waals surface area contributed by atoms with E-state index in [9.17, 15) is 53.4 Å². The van der Waals surface area contributed by atoms with Crippen molar-refractivity contribution in [3.63, 3.8) is 0 Å². The van der Waals surface area contributed by atoms with Crippen molar-refractivity contribution in [2.75, 3.05) is 27.2 Å². The minimum absolute atomic E-state index is 0.00394. The van der Waals surface area contributed by atoms with Crippen LogP contribution in [0.2, 0.25) is 0 Å². The van der Waals surface area contributed by atoms with Gasteiger partial charge in [0, 0.05) is 39.6 Å². The molecule has 25 heteroatoms. The average molecular weight is 1040 g/mol. The summed E-state index contributed by atoms with van der Waals surface area (Å²) in [5, 5.41) is 35.4. The van der Waals surface area contributed by atoms with Crippen molar-refractivity contribution >= 4 is 65.2 Å². The fraction of sp³-hybridized carbons (Fsp3) is 0.531. The van der Waals surface area contributed by atoms with Gasteiger partial charge in [-0.05, 0) is 57.9 Å². The van der Waals surface area contributed by atoms with Gasteiger partial charge in [-0.3, -0.25) is 43.5 Å². The van der Waals surface area contributed by atoms with E-state index >= 15 is 0 Å². The molecular formula is C49H75N13O12. The number of amides is 7. The lowest BCUT2D eigenvalue weighted by molar-refractivity contribution is -0.146. The number of rotatable bonds is 17. The van der Waals surface area contributed by atoms with Gasteiger partial charge in [0.2, 0.25) is 35.4 Å². The maximum absolute atomic E-state index is 14.4. The van der Waals surface area contributed by atoms with Crippen LogP contribution in [0.25, 0.3) is 0 Å². The van der Waals surface area contributed by atoms with Crippen molar-refractivity contribution in [2.45, 2.75) is 122 Å². The Balaban J connectivity index is 2.74. The molecule has 1 aliphatic rings. The Morgan fingerprint density at radius 3 is 1.85 bits per heavy atom. The first kappa shape index (κ1) is 62.3. The van der Waals surface area contributed by atoms with Crippen molar-refractivity contribution in [2.24, 2.45) is 50.7 Å². The van der Waals surface area contributed by atoms with Crippen LogP contribution in [0.4, 0.5) is 0 Å². The zero-order chi connectivity index (χ0) is 55.8. The third kappa shape index (κ3) is 21.1. The molecule has 7 amide bonds. The zero-order valence-corrected chi connectivity index (χ0v) is 43.1. The highest BCUT2D eigenvalue weighted by molar-refractivity contribution is 6.00. The highest BCUT2D eigenvalue weighted by Crippen LogP contribution is 2.19. The van der Waals surface area contributed by atoms with Crippen LogP contribution in [0, 0.1) is 17.8 Å². The number of carbonyl (C=O) groups is 9. The Hall–Kier alpha value is -7.83. The minimum atomic E-state index is -1.95. The summed E-state index contributed by atoms with van der Waals surface area (Å²) in [6, 6.07) is 0.633. The molecule has 0 saturated carbocycles. The largest absolute Gasteiger partial charge is 0.480 e. The van der Waals surface area contributed by atoms with Crippen LogP contribution in [-0.2, 0) is 54.3 Å². The molecule has 2 rings (SSSR count). The van der Waals surface area contributed by atoms with E-state index in [1.54, 1.807) is 20.1 Å². The van der Waals surface area contributed by atoms with Crippen LogP contribution in [-0.4, -0.2) is 150 Å². The molecule has 1 saturated heterocycles. The summed E-state index contributed by atoms with van der Waals surface area (Å²) in [5.41, 5.74) is 23.2. The highest BCUT2D eigenvalue weighted by Gasteiger charge is 2.37. The third-order valence-electron chi connectivity index (χ3n) is 12.2. The molecule has 1 fully saturated rings. The molecule has 74 heavy (non-hydrogen) atoms. The lowest BCUT2D eigenvalue weighted by Gasteiger charge is -2.28. The van der Waals surface area contributed by atoms with Crippen molar-refractivity contribution in [3.8, 4) is 0 Å². The number of nitrogens with two attached hydrogens (primary N) is 4. The second-order valence-electron chi connectivity index (χ2n) is 18.1. The smallest absolute Gasteiger partial charge is 0.327 e. The standard InChI is InChI=1S/C49H75N13O12/c1-26(24-27(2)37(74-8)25-32-14-10-9-11-15-32)18-19-33-28(3)40(64)60-36(46(70)71)20-21-38(63)62(7)31(6)43(67)56-30(5)42(66)59-35(17-13-23-55-49(52)53)45(69)61-39(47(72)73)29(4)41(65)58-34(44(68)57-33)16-12-22-54-48(50)51/h9-11,14-15,18-19,24,27-30,33-37,39H,6,12-13,16-17,20-23,25H2,1-5,7-8H3,(H,56,67)(H,57,68)(H,58,65)(H,59,66)(H,60,64)(H,61,69)(H,70,71)(H,72,73)(H4,50,51,54)(H4,52,53,55)/b19-18+,26-24+/t27-,28-,29-,30+,33-,34-,35-,36+,37-,39+/m0/s1. The molecule has 16 N–H and O–H groups in total. The van der Waals surface area contributed by atoms with Gasteiger partial charge in [0.1, 0.15) is 35.9 Å². The van der Waals surface area contributed by atoms with Gasteiger partial charge in [-0.2, -0.15) is 0 Å². The molecule has 1 heterocycles. The van der Waals surface area contributed by atoms with E-state index in [4.69, 9.17) is 27.7 Å². The van der Waals surface area contributed by atoms with E-state index in [0.29, 0.717) is 12.0 Å². The number of carboxylic acids is 2. The summed E-state index contributed by atoms with van der Waals surface area (Å²) in [5.74, 6) is -13.1. The van der Waals surface area contributed by atoms with E-state index in [1.807, 2.05) is 43.3 Å². The van der Waals surface area contributed by atoms with Gasteiger partial charge in [0.25, 0.3) is 5.91 Å². The molecule has 0 radical (unpaired) electrons. The van der Waals surface area contributed by atoms with Gasteiger partial charge in [0.15, 0.2) is 11.9 Å². The maximum Gasteiger partial charge on any atom is 0.327 e. The number of aliphatic imine (C=N–C) groups is 2. The Bertz CT molecular complexity index is 2280. The van der Waals surface area contributed by atoms with Gasteiger partial charge in [0.05, 0.1) is 24.0 Å². The molecule has 25 nitrogen and oxygen atoms in total. The van der Waals surface area contributed by atoms with Crippen molar-refractivity contribution in [3.05, 3.63) is 72.0 Å². The van der Waals surface area contributed by atoms with Crippen LogP contribution < -0.4 is 54.8 Å². The second kappa shape index (κ2) is 30.9. The van der Waals surface area contributed by atoms with Gasteiger partial charge in [-0.25, -0.2) is 9.59 Å². The fourth-order valence-electron chi connectivity index (χ4n) is 7.53. The molecule has 1 aromatic rings. The molecule has 1 aromatic carbocycles. The number of nitrogens with one attached hydrogen (secondary N) is 6. The zero-order valence-electron chi connectivity index (χ0n) is 43.1. The van der Waals surface area contributed by atoms with Crippen LogP contribution in [0.3, 0.4) is 0 Å². The fourth-order valence-corrected chi connectivity index (χ4v) is 7.53. The number of carboxylic acid groups (broad SMARTS) is 2. The molecule has 0 unspecified atom stereocenters. The number of likely N-dealkylation sites (N-methyl/N-ethyl adjacent to an activating group) is 1. The number of aliphatic carboxylic acids is 2. The quantitative estimate of drug-likeness (QED) is 0.0281. The number of allylic oxidation sites excluding steroid dienone is 2. The Morgan fingerprint density at radius 1 is 0.784 bits per heavy atom. The first-order valence-corrected chi connectivity index (χ1v) is 24.1. The van der Waals surface area contributed by atoms with Crippen molar-refractivity contribution in [1.82, 2.24) is 36.8 Å². The lowest BCUT2D eigenvalue weighted by Crippen LogP contribution is -2.59. The molecule has 0 spiro atoms. The summed E-state index contributed by atoms with van der Waals surface area (Å²) < 4.78 is 5.81. The highest BCUT2D eigenvalue weighted by atomic mass is 16.5. The lowest BCUT2D eigenvalue weighted by atomic mass is 9.94. The molecule has 1 aliphatic heterocycles. The molecule has 0 bridgehead atoms. The van der Waals surface area contributed by atoms with Crippen LogP contribution in [0.1, 0.15) is 78.7 Å². The second-order valence-corrected chi connectivity index (χ2v) is 18.1. The van der Waals surface area contributed by atoms with Crippen LogP contribution >= 0.6 is 0 Å². The van der Waals surface area contributed by atoms with E-state index in [0.717, 1.165) is 10.5 Å². The minimum Gasteiger partial charge on any atom is -0.480 e. The van der Waals surface area contributed by atoms with Crippen molar-refractivity contribution < 1.29 is 58.1 Å². The Kier molecular flexibility index (Phi) is 26.0. The summed E-state index contributed by atoms with van der Waals surface area (Å²) in [7, 11) is 2.80. The van der Waals surface area contributed by atoms with Crippen LogP contribution in [0.5, 0.6) is 0 Å². The number of hydrogen-bond donors (Lipinski definition) is 12. The first-order valence-electron chi connectivity index (χ1n) is 24.1. The van der Waals surface area contributed by atoms with E-state index in [2.05, 4.69) is 48.5 Å². The van der Waals surface area contributed by atoms with Gasteiger partial charge in [-0.1, -0.05) is 81.5 Å². The van der Waals surface area contributed by atoms with Crippen LogP contribution in [0.15, 0.2) is 76.4 Å². The number of benzene rings is 1. The van der Waals surface area contributed by atoms with Gasteiger partial charge < -0.3 is 74.7 Å². The Morgan fingerprint density at radius 2 is 1.32 bits per heavy atom. The Labute approximate surface area is 430 Å². The summed E-state index contributed by atoms with van der Waals surface area (Å²) >= 11 is 0. The topological polar surface area (TPSA) is 408 Å². The monoisotopic (exact) mass is 1040 g/mol. The normalized spacial score (nSPS) is 24.6. The predicted molar refractivity (Wildman–Crippen MR) is 275 cm³/mol.